The minimum absolute atomic E-state index is 0. The first-order valence-corrected chi connectivity index (χ1v) is 12.7. The van der Waals surface area contributed by atoms with Gasteiger partial charge in [0, 0.05) is 39.6 Å². The standard InChI is InChI=1S/C28H44N2O4.H2/c1-8-21-17-22-9-10-23(22)25(18-24(21)28(4,5)34-16-15-32-7)29-26(31)27(2,3)30(6)19-20-11-13-33-14-12-20;/h9-10,18,20H,8,11-17,19H2,1-7H3,(H,29,31);1H. The molecule has 0 bridgehead atoms. The van der Waals surface area contributed by atoms with Gasteiger partial charge in [-0.05, 0) is 83.6 Å². The van der Waals surface area contributed by atoms with Crippen LogP contribution in [-0.2, 0) is 19.0 Å². The molecule has 0 aromatic rings. The maximum Gasteiger partial charge on any atom is 0.244 e. The second-order valence-corrected chi connectivity index (χ2v) is 10.7. The van der Waals surface area contributed by atoms with E-state index in [0.717, 1.165) is 62.3 Å². The van der Waals surface area contributed by atoms with E-state index >= 15 is 0 Å². The Bertz CT molecular complexity index is 879. The Morgan fingerprint density at radius 1 is 1.21 bits per heavy atom. The second kappa shape index (κ2) is 11.3. The van der Waals surface area contributed by atoms with Crippen LogP contribution in [-0.4, -0.2) is 69.1 Å². The van der Waals surface area contributed by atoms with Gasteiger partial charge in [0.25, 0.3) is 0 Å². The molecule has 1 amide bonds. The number of carbonyl (C=O) groups is 1. The number of nitrogens with one attached hydrogen (secondary N) is 1. The highest BCUT2D eigenvalue weighted by Gasteiger charge is 2.36. The van der Waals surface area contributed by atoms with Crippen molar-refractivity contribution in [2.24, 2.45) is 5.92 Å². The van der Waals surface area contributed by atoms with E-state index in [9.17, 15) is 4.79 Å². The summed E-state index contributed by atoms with van der Waals surface area (Å²) in [6.45, 7) is 14.0. The van der Waals surface area contributed by atoms with E-state index in [1.807, 2.05) is 13.8 Å². The van der Waals surface area contributed by atoms with Crippen LogP contribution in [0.15, 0.2) is 46.2 Å². The lowest BCUT2D eigenvalue weighted by atomic mass is 9.87. The lowest BCUT2D eigenvalue weighted by molar-refractivity contribution is -0.130. The van der Waals surface area contributed by atoms with Crippen LogP contribution in [0.2, 0.25) is 0 Å². The largest absolute Gasteiger partial charge is 0.382 e. The lowest BCUT2D eigenvalue weighted by Crippen LogP contribution is -2.54. The van der Waals surface area contributed by atoms with Crippen molar-refractivity contribution < 1.29 is 20.4 Å². The SMILES string of the molecule is CCC1=C(C(C)(C)OCCOC)C=C(NC(=O)C(C)(C)N(C)CC2CCOCC2)C2=CC=C2C1.[HH]. The van der Waals surface area contributed by atoms with Crippen molar-refractivity contribution in [1.29, 1.82) is 0 Å². The van der Waals surface area contributed by atoms with Crippen LogP contribution < -0.4 is 5.32 Å². The van der Waals surface area contributed by atoms with Crippen molar-refractivity contribution in [1.82, 2.24) is 10.2 Å². The third-order valence-corrected chi connectivity index (χ3v) is 7.62. The van der Waals surface area contributed by atoms with E-state index < -0.39 is 11.1 Å². The maximum atomic E-state index is 13.6. The molecule has 1 N–H and O–H groups in total. The molecule has 0 radical (unpaired) electrons. The summed E-state index contributed by atoms with van der Waals surface area (Å²) in [6.07, 6.45) is 10.3. The number of hydrogen-bond donors (Lipinski definition) is 1. The van der Waals surface area contributed by atoms with Crippen LogP contribution >= 0.6 is 0 Å². The molecule has 34 heavy (non-hydrogen) atoms. The molecule has 6 heteroatoms. The van der Waals surface area contributed by atoms with Crippen LogP contribution in [0.25, 0.3) is 0 Å². The summed E-state index contributed by atoms with van der Waals surface area (Å²) >= 11 is 0. The maximum absolute atomic E-state index is 13.6. The van der Waals surface area contributed by atoms with Gasteiger partial charge >= 0.3 is 0 Å². The Labute approximate surface area is 207 Å². The van der Waals surface area contributed by atoms with Gasteiger partial charge < -0.3 is 19.5 Å². The van der Waals surface area contributed by atoms with Crippen molar-refractivity contribution in [3.63, 3.8) is 0 Å². The molecule has 1 fully saturated rings. The zero-order valence-electron chi connectivity index (χ0n) is 22.3. The van der Waals surface area contributed by atoms with E-state index in [1.54, 1.807) is 7.11 Å². The third-order valence-electron chi connectivity index (χ3n) is 7.62. The molecule has 0 spiro atoms. The van der Waals surface area contributed by atoms with E-state index in [2.05, 4.69) is 56.3 Å². The van der Waals surface area contributed by atoms with Crippen LogP contribution in [0, 0.1) is 5.92 Å². The normalized spacial score (nSPS) is 19.7. The molecule has 0 unspecified atom stereocenters. The number of fused-ring (bicyclic) bond motifs is 1. The van der Waals surface area contributed by atoms with Gasteiger partial charge in [0.1, 0.15) is 0 Å². The van der Waals surface area contributed by atoms with Gasteiger partial charge in [0.2, 0.25) is 5.91 Å². The fourth-order valence-electron chi connectivity index (χ4n) is 4.82. The number of carbonyl (C=O) groups excluding carboxylic acids is 1. The number of allylic oxidation sites excluding steroid dienone is 4. The fraction of sp³-hybridized carbons (Fsp3) is 0.679. The van der Waals surface area contributed by atoms with Crippen molar-refractivity contribution in [3.8, 4) is 0 Å². The Kier molecular flexibility index (Phi) is 8.96. The smallest absolute Gasteiger partial charge is 0.244 e. The van der Waals surface area contributed by atoms with Gasteiger partial charge in [0.15, 0.2) is 0 Å². The molecule has 0 saturated carbocycles. The molecule has 6 nitrogen and oxygen atoms in total. The minimum Gasteiger partial charge on any atom is -0.382 e. The van der Waals surface area contributed by atoms with Gasteiger partial charge in [-0.2, -0.15) is 0 Å². The predicted octanol–water partition coefficient (Wildman–Crippen LogP) is 4.79. The zero-order chi connectivity index (χ0) is 24.9. The molecule has 3 aliphatic rings. The number of rotatable bonds is 11. The predicted molar refractivity (Wildman–Crippen MR) is 139 cm³/mol. The number of likely N-dealkylation sites (N-methyl/N-ethyl adjacent to an activating group) is 1. The highest BCUT2D eigenvalue weighted by Crippen LogP contribution is 2.40. The van der Waals surface area contributed by atoms with Crippen molar-refractivity contribution in [2.45, 2.75) is 71.4 Å². The molecule has 1 saturated heterocycles. The van der Waals surface area contributed by atoms with Crippen molar-refractivity contribution in [2.75, 3.05) is 47.1 Å². The average molecular weight is 475 g/mol. The Hall–Kier alpha value is -1.73. The number of nitrogens with zero attached hydrogens (tertiary/aromatic N) is 1. The van der Waals surface area contributed by atoms with Crippen LogP contribution in [0.3, 0.4) is 0 Å². The molecule has 0 aromatic heterocycles. The minimum atomic E-state index is -0.637. The number of ether oxygens (including phenoxy) is 3. The molecular formula is C28H46N2O4. The third kappa shape index (κ3) is 6.09. The van der Waals surface area contributed by atoms with E-state index in [4.69, 9.17) is 14.2 Å². The first-order valence-electron chi connectivity index (χ1n) is 12.7. The molecule has 192 valence electrons. The highest BCUT2D eigenvalue weighted by atomic mass is 16.5. The summed E-state index contributed by atoms with van der Waals surface area (Å²) in [4.78, 5) is 15.8. The van der Waals surface area contributed by atoms with Gasteiger partial charge in [-0.25, -0.2) is 0 Å². The molecule has 1 heterocycles. The lowest BCUT2D eigenvalue weighted by Gasteiger charge is -2.38. The van der Waals surface area contributed by atoms with E-state index in [-0.39, 0.29) is 7.33 Å². The molecule has 2 aliphatic carbocycles. The first-order chi connectivity index (χ1) is 16.1. The van der Waals surface area contributed by atoms with E-state index in [0.29, 0.717) is 19.1 Å². The summed E-state index contributed by atoms with van der Waals surface area (Å²) in [5.41, 5.74) is 4.65. The Morgan fingerprint density at radius 3 is 2.50 bits per heavy atom. The number of methoxy groups -OCH3 is 1. The quantitative estimate of drug-likeness (QED) is 0.437. The highest BCUT2D eigenvalue weighted by molar-refractivity contribution is 5.88. The van der Waals surface area contributed by atoms with E-state index in [1.165, 1.54) is 11.1 Å². The number of hydrogen-bond acceptors (Lipinski definition) is 5. The first kappa shape index (κ1) is 26.9. The van der Waals surface area contributed by atoms with Crippen LogP contribution in [0.5, 0.6) is 0 Å². The van der Waals surface area contributed by atoms with Gasteiger partial charge in [-0.15, -0.1) is 0 Å². The van der Waals surface area contributed by atoms with Gasteiger partial charge in [0.05, 0.1) is 24.4 Å². The molecule has 0 atom stereocenters. The zero-order valence-corrected chi connectivity index (χ0v) is 22.3. The Morgan fingerprint density at radius 2 is 1.91 bits per heavy atom. The monoisotopic (exact) mass is 474 g/mol. The van der Waals surface area contributed by atoms with Crippen LogP contribution in [0.1, 0.15) is 61.7 Å². The Balaban J connectivity index is 0.00000432. The topological polar surface area (TPSA) is 60.0 Å². The summed E-state index contributed by atoms with van der Waals surface area (Å²) < 4.78 is 16.9. The van der Waals surface area contributed by atoms with Crippen molar-refractivity contribution in [3.05, 3.63) is 46.2 Å². The fourth-order valence-corrected chi connectivity index (χ4v) is 4.82. The number of amides is 1. The molecular weight excluding hydrogens is 428 g/mol. The summed E-state index contributed by atoms with van der Waals surface area (Å²) in [6, 6.07) is 0. The van der Waals surface area contributed by atoms with Crippen LogP contribution in [0.4, 0.5) is 0 Å². The summed E-state index contributed by atoms with van der Waals surface area (Å²) in [5, 5.41) is 3.30. The van der Waals surface area contributed by atoms with Gasteiger partial charge in [-0.3, -0.25) is 9.69 Å². The van der Waals surface area contributed by atoms with Gasteiger partial charge in [-0.1, -0.05) is 24.6 Å². The molecule has 0 aromatic carbocycles. The molecule has 1 aliphatic heterocycles. The van der Waals surface area contributed by atoms with Crippen molar-refractivity contribution >= 4 is 5.91 Å². The second-order valence-electron chi connectivity index (χ2n) is 10.7. The molecule has 3 rings (SSSR count). The summed E-state index contributed by atoms with van der Waals surface area (Å²) in [7, 11) is 3.74. The average Bonchev–Trinajstić information content (AvgIpc) is 2.88. The summed E-state index contributed by atoms with van der Waals surface area (Å²) in [5.74, 6) is 0.580.